The van der Waals surface area contributed by atoms with Crippen LogP contribution in [0.2, 0.25) is 5.02 Å². The van der Waals surface area contributed by atoms with Crippen LogP contribution in [0.3, 0.4) is 0 Å². The van der Waals surface area contributed by atoms with Crippen LogP contribution in [0, 0.1) is 11.3 Å². The van der Waals surface area contributed by atoms with Gasteiger partial charge in [-0.25, -0.2) is 4.79 Å². The van der Waals surface area contributed by atoms with Crippen molar-refractivity contribution in [2.45, 2.75) is 9.79 Å². The quantitative estimate of drug-likeness (QED) is 0.895. The van der Waals surface area contributed by atoms with Gasteiger partial charge in [0.25, 0.3) is 0 Å². The van der Waals surface area contributed by atoms with Gasteiger partial charge in [-0.15, -0.1) is 0 Å². The molecule has 2 N–H and O–H groups in total. The van der Waals surface area contributed by atoms with E-state index in [4.69, 9.17) is 16.9 Å². The van der Waals surface area contributed by atoms with Gasteiger partial charge >= 0.3 is 6.03 Å². The number of amides is 2. The zero-order valence-electron chi connectivity index (χ0n) is 11.2. The molecule has 0 aliphatic rings. The summed E-state index contributed by atoms with van der Waals surface area (Å²) in [5.74, 6) is 0. The molecule has 0 saturated heterocycles. The van der Waals surface area contributed by atoms with Crippen molar-refractivity contribution in [3.05, 3.63) is 53.1 Å². The van der Waals surface area contributed by atoms with Gasteiger partial charge in [0.2, 0.25) is 0 Å². The van der Waals surface area contributed by atoms with Crippen LogP contribution >= 0.6 is 23.4 Å². The molecule has 21 heavy (non-hydrogen) atoms. The lowest BCUT2D eigenvalue weighted by Gasteiger charge is -2.07. The number of nitrogens with zero attached hydrogens (tertiary/aromatic N) is 1. The normalized spacial score (nSPS) is 9.76. The third-order valence-corrected chi connectivity index (χ3v) is 4.14. The van der Waals surface area contributed by atoms with Gasteiger partial charge in [0.05, 0.1) is 16.7 Å². The van der Waals surface area contributed by atoms with Crippen molar-refractivity contribution in [3.8, 4) is 6.07 Å². The van der Waals surface area contributed by atoms with Gasteiger partial charge in [-0.05, 0) is 42.5 Å². The van der Waals surface area contributed by atoms with E-state index < -0.39 is 0 Å². The van der Waals surface area contributed by atoms with E-state index in [0.717, 1.165) is 9.79 Å². The Morgan fingerprint density at radius 3 is 2.52 bits per heavy atom. The van der Waals surface area contributed by atoms with Crippen molar-refractivity contribution < 1.29 is 4.79 Å². The number of nitrogens with one attached hydrogen (secondary N) is 2. The summed E-state index contributed by atoms with van der Waals surface area (Å²) < 4.78 is 0. The number of urea groups is 1. The Kier molecular flexibility index (Phi) is 5.09. The van der Waals surface area contributed by atoms with Gasteiger partial charge in [-0.3, -0.25) is 0 Å². The molecule has 2 rings (SSSR count). The topological polar surface area (TPSA) is 64.9 Å². The minimum absolute atomic E-state index is 0.259. The molecule has 0 atom stereocenters. The molecule has 0 bridgehead atoms. The van der Waals surface area contributed by atoms with E-state index in [1.165, 1.54) is 11.8 Å². The number of rotatable bonds is 3. The highest BCUT2D eigenvalue weighted by Gasteiger charge is 2.05. The molecule has 6 heteroatoms. The molecular formula is C15H12ClN3OS. The Morgan fingerprint density at radius 2 is 1.95 bits per heavy atom. The van der Waals surface area contributed by atoms with Crippen molar-refractivity contribution >= 4 is 35.1 Å². The summed E-state index contributed by atoms with van der Waals surface area (Å²) in [5, 5.41) is 14.5. The second kappa shape index (κ2) is 7.02. The van der Waals surface area contributed by atoms with Gasteiger partial charge in [-0.1, -0.05) is 23.4 Å². The van der Waals surface area contributed by atoms with Crippen molar-refractivity contribution in [2.75, 3.05) is 12.4 Å². The highest BCUT2D eigenvalue weighted by Crippen LogP contribution is 2.34. The summed E-state index contributed by atoms with van der Waals surface area (Å²) in [6.07, 6.45) is 0. The van der Waals surface area contributed by atoms with Gasteiger partial charge < -0.3 is 10.6 Å². The molecule has 0 radical (unpaired) electrons. The van der Waals surface area contributed by atoms with Gasteiger partial charge in [-0.2, -0.15) is 5.26 Å². The first-order chi connectivity index (χ1) is 10.1. The first-order valence-corrected chi connectivity index (χ1v) is 7.28. The van der Waals surface area contributed by atoms with Gasteiger partial charge in [0, 0.05) is 22.5 Å². The van der Waals surface area contributed by atoms with Crippen LogP contribution in [0.1, 0.15) is 5.56 Å². The lowest BCUT2D eigenvalue weighted by Crippen LogP contribution is -2.24. The van der Waals surface area contributed by atoms with Crippen molar-refractivity contribution in [1.29, 1.82) is 5.26 Å². The number of carbonyl (C=O) groups is 1. The monoisotopic (exact) mass is 317 g/mol. The van der Waals surface area contributed by atoms with Crippen LogP contribution in [0.5, 0.6) is 0 Å². The van der Waals surface area contributed by atoms with E-state index in [1.807, 2.05) is 30.3 Å². The predicted molar refractivity (Wildman–Crippen MR) is 84.8 cm³/mol. The molecule has 4 nitrogen and oxygen atoms in total. The number of carbonyl (C=O) groups excluding carboxylic acids is 1. The van der Waals surface area contributed by atoms with Crippen molar-refractivity contribution in [2.24, 2.45) is 0 Å². The Balaban J connectivity index is 2.10. The number of nitriles is 1. The molecule has 0 aliphatic heterocycles. The number of anilines is 1. The zero-order chi connectivity index (χ0) is 15.2. The molecule has 2 amide bonds. The van der Waals surface area contributed by atoms with Crippen LogP contribution in [-0.2, 0) is 0 Å². The Bertz CT molecular complexity index is 695. The maximum absolute atomic E-state index is 11.2. The molecule has 2 aromatic carbocycles. The predicted octanol–water partition coefficient (Wildman–Crippen LogP) is 4.11. The zero-order valence-corrected chi connectivity index (χ0v) is 12.8. The van der Waals surface area contributed by atoms with E-state index in [2.05, 4.69) is 16.7 Å². The molecule has 0 spiro atoms. The Hall–Kier alpha value is -2.16. The summed E-state index contributed by atoms with van der Waals surface area (Å²) in [6, 6.07) is 14.4. The summed E-state index contributed by atoms with van der Waals surface area (Å²) in [7, 11) is 1.56. The first-order valence-electron chi connectivity index (χ1n) is 6.08. The van der Waals surface area contributed by atoms with E-state index in [0.29, 0.717) is 16.3 Å². The van der Waals surface area contributed by atoms with Crippen LogP contribution in [0.4, 0.5) is 10.5 Å². The number of benzene rings is 2. The largest absolute Gasteiger partial charge is 0.341 e. The van der Waals surface area contributed by atoms with Crippen molar-refractivity contribution in [1.82, 2.24) is 5.32 Å². The van der Waals surface area contributed by atoms with Gasteiger partial charge in [0.15, 0.2) is 0 Å². The van der Waals surface area contributed by atoms with E-state index in [-0.39, 0.29) is 6.03 Å². The number of halogens is 1. The second-order valence-corrected chi connectivity index (χ2v) is 5.61. The lowest BCUT2D eigenvalue weighted by molar-refractivity contribution is 0.254. The SMILES string of the molecule is CNC(=O)Nc1ccc(Sc2ccc(C#N)cc2Cl)cc1. The Labute approximate surface area is 132 Å². The minimum Gasteiger partial charge on any atom is -0.341 e. The van der Waals surface area contributed by atoms with Crippen LogP contribution in [0.15, 0.2) is 52.3 Å². The molecule has 0 aliphatic carbocycles. The highest BCUT2D eigenvalue weighted by atomic mass is 35.5. The summed E-state index contributed by atoms with van der Waals surface area (Å²) in [4.78, 5) is 13.1. The van der Waals surface area contributed by atoms with Crippen LogP contribution in [-0.4, -0.2) is 13.1 Å². The number of hydrogen-bond donors (Lipinski definition) is 2. The molecule has 106 valence electrons. The fourth-order valence-electron chi connectivity index (χ4n) is 1.58. The maximum Gasteiger partial charge on any atom is 0.318 e. The summed E-state index contributed by atoms with van der Waals surface area (Å²) in [6.45, 7) is 0. The molecule has 2 aromatic rings. The summed E-state index contributed by atoms with van der Waals surface area (Å²) in [5.41, 5.74) is 1.25. The van der Waals surface area contributed by atoms with Gasteiger partial charge in [0.1, 0.15) is 0 Å². The lowest BCUT2D eigenvalue weighted by atomic mass is 10.2. The molecule has 0 fully saturated rings. The average Bonchev–Trinajstić information content (AvgIpc) is 2.51. The van der Waals surface area contributed by atoms with Crippen molar-refractivity contribution in [3.63, 3.8) is 0 Å². The fourth-order valence-corrected chi connectivity index (χ4v) is 2.69. The molecule has 0 unspecified atom stereocenters. The highest BCUT2D eigenvalue weighted by molar-refractivity contribution is 7.99. The third kappa shape index (κ3) is 4.15. The number of hydrogen-bond acceptors (Lipinski definition) is 3. The Morgan fingerprint density at radius 1 is 1.24 bits per heavy atom. The van der Waals surface area contributed by atoms with E-state index in [9.17, 15) is 4.79 Å². The molecular weight excluding hydrogens is 306 g/mol. The van der Waals surface area contributed by atoms with E-state index in [1.54, 1.807) is 19.2 Å². The average molecular weight is 318 g/mol. The smallest absolute Gasteiger partial charge is 0.318 e. The molecule has 0 saturated carbocycles. The van der Waals surface area contributed by atoms with Crippen LogP contribution in [0.25, 0.3) is 0 Å². The second-order valence-electron chi connectivity index (χ2n) is 4.09. The fraction of sp³-hybridized carbons (Fsp3) is 0.0667. The first kappa shape index (κ1) is 15.2. The minimum atomic E-state index is -0.259. The third-order valence-electron chi connectivity index (χ3n) is 2.63. The standard InChI is InChI=1S/C15H12ClN3OS/c1-18-15(20)19-11-3-5-12(6-4-11)21-14-7-2-10(9-17)8-13(14)16/h2-8H,1H3,(H2,18,19,20). The molecule has 0 heterocycles. The van der Waals surface area contributed by atoms with E-state index >= 15 is 0 Å². The maximum atomic E-state index is 11.2. The molecule has 0 aromatic heterocycles. The van der Waals surface area contributed by atoms with Crippen LogP contribution < -0.4 is 10.6 Å². The summed E-state index contributed by atoms with van der Waals surface area (Å²) >= 11 is 7.64.